The monoisotopic (exact) mass is 294 g/mol. The number of aliphatic hydroxyl groups is 1. The molecular weight excluding hydrogens is 268 g/mol. The first-order chi connectivity index (χ1) is 9.90. The van der Waals surface area contributed by atoms with E-state index in [-0.39, 0.29) is 24.0 Å². The van der Waals surface area contributed by atoms with Crippen molar-refractivity contribution in [1.82, 2.24) is 10.2 Å². The van der Waals surface area contributed by atoms with Crippen LogP contribution in [-0.2, 0) is 0 Å². The second kappa shape index (κ2) is 6.64. The Bertz CT molecular complexity index is 465. The van der Waals surface area contributed by atoms with Crippen LogP contribution in [-0.4, -0.2) is 53.5 Å². The van der Waals surface area contributed by atoms with Crippen LogP contribution in [0.4, 0.5) is 0 Å². The van der Waals surface area contributed by atoms with Crippen molar-refractivity contribution < 1.29 is 14.9 Å². The minimum absolute atomic E-state index is 0.0213. The quantitative estimate of drug-likeness (QED) is 0.785. The molecule has 1 saturated heterocycles. The Labute approximate surface area is 126 Å². The SMILES string of the molecule is CC(C)(C)Oc1ccc(O)c([C@H](CO)N2CCNCC2)c1. The normalized spacial score (nSPS) is 18.5. The van der Waals surface area contributed by atoms with E-state index in [1.165, 1.54) is 0 Å². The summed E-state index contributed by atoms with van der Waals surface area (Å²) in [4.78, 5) is 2.19. The second-order valence-corrected chi connectivity index (χ2v) is 6.42. The number of nitrogens with zero attached hydrogens (tertiary/aromatic N) is 1. The molecule has 1 aliphatic heterocycles. The van der Waals surface area contributed by atoms with Crippen LogP contribution in [0.2, 0.25) is 0 Å². The summed E-state index contributed by atoms with van der Waals surface area (Å²) in [5.74, 6) is 0.915. The van der Waals surface area contributed by atoms with E-state index >= 15 is 0 Å². The highest BCUT2D eigenvalue weighted by atomic mass is 16.5. The maximum absolute atomic E-state index is 10.2. The molecule has 0 radical (unpaired) electrons. The van der Waals surface area contributed by atoms with Gasteiger partial charge in [-0.1, -0.05) is 0 Å². The lowest BCUT2D eigenvalue weighted by molar-refractivity contribution is 0.107. The number of nitrogens with one attached hydrogen (secondary N) is 1. The second-order valence-electron chi connectivity index (χ2n) is 6.42. The Morgan fingerprint density at radius 3 is 2.52 bits per heavy atom. The standard InChI is InChI=1S/C16H26N2O3/c1-16(2,3)21-12-4-5-15(20)13(10-12)14(11-19)18-8-6-17-7-9-18/h4-5,10,14,17,19-20H,6-9,11H2,1-3H3/t14-/m0/s1. The van der Waals surface area contributed by atoms with Gasteiger partial charge in [0.15, 0.2) is 0 Å². The highest BCUT2D eigenvalue weighted by Gasteiger charge is 2.24. The lowest BCUT2D eigenvalue weighted by Crippen LogP contribution is -2.46. The third-order valence-corrected chi connectivity index (χ3v) is 3.55. The number of aromatic hydroxyl groups is 1. The van der Waals surface area contributed by atoms with E-state index in [2.05, 4.69) is 10.2 Å². The third kappa shape index (κ3) is 4.33. The molecule has 5 heteroatoms. The lowest BCUT2D eigenvalue weighted by atomic mass is 10.0. The molecule has 0 aliphatic carbocycles. The summed E-state index contributed by atoms with van der Waals surface area (Å²) < 4.78 is 5.86. The summed E-state index contributed by atoms with van der Waals surface area (Å²) in [6, 6.07) is 5.04. The van der Waals surface area contributed by atoms with Gasteiger partial charge in [0.25, 0.3) is 0 Å². The fourth-order valence-corrected chi connectivity index (χ4v) is 2.62. The smallest absolute Gasteiger partial charge is 0.120 e. The van der Waals surface area contributed by atoms with Crippen LogP contribution in [0, 0.1) is 0 Å². The number of phenolic OH excluding ortho intramolecular Hbond substituents is 1. The van der Waals surface area contributed by atoms with Crippen molar-refractivity contribution in [1.29, 1.82) is 0 Å². The van der Waals surface area contributed by atoms with Gasteiger partial charge in [0, 0.05) is 31.7 Å². The van der Waals surface area contributed by atoms with Gasteiger partial charge >= 0.3 is 0 Å². The molecule has 21 heavy (non-hydrogen) atoms. The van der Waals surface area contributed by atoms with Crippen molar-refractivity contribution >= 4 is 0 Å². The number of rotatable bonds is 4. The van der Waals surface area contributed by atoms with E-state index in [1.54, 1.807) is 12.1 Å². The van der Waals surface area contributed by atoms with Gasteiger partial charge < -0.3 is 20.3 Å². The van der Waals surface area contributed by atoms with Gasteiger partial charge in [0.05, 0.1) is 12.6 Å². The molecule has 1 aromatic carbocycles. The number of ether oxygens (including phenoxy) is 1. The molecule has 0 amide bonds. The van der Waals surface area contributed by atoms with Crippen molar-refractivity contribution in [2.45, 2.75) is 32.4 Å². The molecule has 0 spiro atoms. The fourth-order valence-electron chi connectivity index (χ4n) is 2.62. The van der Waals surface area contributed by atoms with E-state index in [1.807, 2.05) is 26.8 Å². The zero-order valence-electron chi connectivity index (χ0n) is 13.1. The molecule has 1 atom stereocenters. The molecule has 0 bridgehead atoms. The van der Waals surface area contributed by atoms with Crippen LogP contribution in [0.15, 0.2) is 18.2 Å². The molecule has 5 nitrogen and oxygen atoms in total. The molecule has 3 N–H and O–H groups in total. The average Bonchev–Trinajstić information content (AvgIpc) is 2.43. The first kappa shape index (κ1) is 16.1. The molecule has 1 aromatic rings. The van der Waals surface area contributed by atoms with Crippen molar-refractivity contribution in [3.05, 3.63) is 23.8 Å². The summed E-state index contributed by atoms with van der Waals surface area (Å²) in [6.07, 6.45) is 0. The maximum atomic E-state index is 10.2. The first-order valence-electron chi connectivity index (χ1n) is 7.48. The summed E-state index contributed by atoms with van der Waals surface area (Å²) >= 11 is 0. The van der Waals surface area contributed by atoms with Crippen molar-refractivity contribution in [3.63, 3.8) is 0 Å². The van der Waals surface area contributed by atoms with Gasteiger partial charge in [-0.3, -0.25) is 4.90 Å². The fraction of sp³-hybridized carbons (Fsp3) is 0.625. The number of phenols is 1. The number of hydrogen-bond acceptors (Lipinski definition) is 5. The zero-order chi connectivity index (χ0) is 15.5. The van der Waals surface area contributed by atoms with E-state index in [4.69, 9.17) is 4.74 Å². The molecule has 118 valence electrons. The largest absolute Gasteiger partial charge is 0.508 e. The minimum atomic E-state index is -0.294. The van der Waals surface area contributed by atoms with Crippen LogP contribution >= 0.6 is 0 Å². The molecule has 2 rings (SSSR count). The van der Waals surface area contributed by atoms with Crippen LogP contribution in [0.1, 0.15) is 32.4 Å². The van der Waals surface area contributed by atoms with Crippen molar-refractivity contribution in [3.8, 4) is 11.5 Å². The van der Waals surface area contributed by atoms with Crippen molar-refractivity contribution in [2.24, 2.45) is 0 Å². The molecule has 0 aromatic heterocycles. The molecule has 0 saturated carbocycles. The van der Waals surface area contributed by atoms with Gasteiger partial charge in [-0.2, -0.15) is 0 Å². The number of aliphatic hydroxyl groups excluding tert-OH is 1. The van der Waals surface area contributed by atoms with E-state index < -0.39 is 0 Å². The van der Waals surface area contributed by atoms with E-state index in [0.29, 0.717) is 5.75 Å². The van der Waals surface area contributed by atoms with Crippen LogP contribution < -0.4 is 10.1 Å². The molecule has 1 heterocycles. The summed E-state index contributed by atoms with van der Waals surface area (Å²) in [5, 5.41) is 23.2. The molecule has 1 aliphatic rings. The highest BCUT2D eigenvalue weighted by Crippen LogP contribution is 2.33. The third-order valence-electron chi connectivity index (χ3n) is 3.55. The predicted molar refractivity (Wildman–Crippen MR) is 82.8 cm³/mol. The topological polar surface area (TPSA) is 65.0 Å². The Morgan fingerprint density at radius 1 is 1.29 bits per heavy atom. The van der Waals surface area contributed by atoms with Gasteiger partial charge in [0.1, 0.15) is 17.1 Å². The highest BCUT2D eigenvalue weighted by molar-refractivity contribution is 5.41. The average molecular weight is 294 g/mol. The summed E-state index contributed by atoms with van der Waals surface area (Å²) in [5.41, 5.74) is 0.430. The van der Waals surface area contributed by atoms with Crippen molar-refractivity contribution in [2.75, 3.05) is 32.8 Å². The maximum Gasteiger partial charge on any atom is 0.120 e. The predicted octanol–water partition coefficient (Wildman–Crippen LogP) is 1.51. The Hall–Kier alpha value is -1.30. The lowest BCUT2D eigenvalue weighted by Gasteiger charge is -2.34. The van der Waals surface area contributed by atoms with Gasteiger partial charge in [-0.25, -0.2) is 0 Å². The molecule has 0 unspecified atom stereocenters. The summed E-state index contributed by atoms with van der Waals surface area (Å²) in [6.45, 7) is 9.44. The number of benzene rings is 1. The van der Waals surface area contributed by atoms with E-state index in [9.17, 15) is 10.2 Å². The Balaban J connectivity index is 2.24. The Morgan fingerprint density at radius 2 is 1.95 bits per heavy atom. The zero-order valence-corrected chi connectivity index (χ0v) is 13.1. The van der Waals surface area contributed by atoms with Crippen LogP contribution in [0.5, 0.6) is 11.5 Å². The Kier molecular flexibility index (Phi) is 5.08. The van der Waals surface area contributed by atoms with Gasteiger partial charge in [0.2, 0.25) is 0 Å². The van der Waals surface area contributed by atoms with Gasteiger partial charge in [-0.05, 0) is 39.0 Å². The van der Waals surface area contributed by atoms with Gasteiger partial charge in [-0.15, -0.1) is 0 Å². The first-order valence-corrected chi connectivity index (χ1v) is 7.48. The van der Waals surface area contributed by atoms with Crippen LogP contribution in [0.3, 0.4) is 0 Å². The van der Waals surface area contributed by atoms with Crippen LogP contribution in [0.25, 0.3) is 0 Å². The molecular formula is C16H26N2O3. The summed E-state index contributed by atoms with van der Waals surface area (Å²) in [7, 11) is 0. The number of piperazine rings is 1. The molecule has 1 fully saturated rings. The number of hydrogen-bond donors (Lipinski definition) is 3. The van der Waals surface area contributed by atoms with E-state index in [0.717, 1.165) is 31.7 Å². The minimum Gasteiger partial charge on any atom is -0.508 e.